The maximum absolute atomic E-state index is 9.78. The molecule has 5 aromatic carbocycles. The van der Waals surface area contributed by atoms with Crippen LogP contribution in [0.1, 0.15) is 38.6 Å². The second-order valence-electron chi connectivity index (χ2n) is 12.6. The van der Waals surface area contributed by atoms with Crippen LogP contribution >= 0.6 is 23.1 Å². The lowest BCUT2D eigenvalue weighted by molar-refractivity contribution is -0.665. The summed E-state index contributed by atoms with van der Waals surface area (Å²) in [5.41, 5.74) is 6.45. The average molecular weight is 697 g/mol. The summed E-state index contributed by atoms with van der Waals surface area (Å²) in [7, 11) is 0. The smallest absolute Gasteiger partial charge is 0.262 e. The molecule has 1 aliphatic rings. The zero-order valence-corrected chi connectivity index (χ0v) is 30.7. The summed E-state index contributed by atoms with van der Waals surface area (Å²) in [6.07, 6.45) is 9.04. The van der Waals surface area contributed by atoms with E-state index in [1.54, 1.807) is 35.2 Å². The number of phenols is 2. The highest BCUT2D eigenvalue weighted by Crippen LogP contribution is 2.47. The van der Waals surface area contributed by atoms with Gasteiger partial charge in [-0.2, -0.15) is 27.3 Å². The molecule has 50 heavy (non-hydrogen) atoms. The summed E-state index contributed by atoms with van der Waals surface area (Å²) < 4.78 is 3.37. The first-order valence-corrected chi connectivity index (χ1v) is 19.3. The fourth-order valence-corrected chi connectivity index (χ4v) is 9.46. The fraction of sp³-hybridized carbons (Fsp3) is 0.186. The number of phenolic OH excluding ortho intramolecular Hbond substituents is 2. The van der Waals surface area contributed by atoms with Gasteiger partial charge in [0.05, 0.1) is 22.9 Å². The maximum atomic E-state index is 9.78. The Bertz CT molecular complexity index is 1980. The van der Waals surface area contributed by atoms with Crippen LogP contribution in [0.5, 0.6) is 11.5 Å². The number of benzene rings is 5. The highest BCUT2D eigenvalue weighted by molar-refractivity contribution is 8.03. The number of rotatable bonds is 10. The number of aromatic hydroxyl groups is 2. The maximum Gasteiger partial charge on any atom is 0.262 e. The van der Waals surface area contributed by atoms with E-state index in [-0.39, 0.29) is 0 Å². The van der Waals surface area contributed by atoms with Crippen LogP contribution in [0.4, 0.5) is 5.69 Å². The number of aromatic nitrogens is 1. The van der Waals surface area contributed by atoms with Gasteiger partial charge in [-0.05, 0) is 44.2 Å². The van der Waals surface area contributed by atoms with Crippen molar-refractivity contribution in [2.45, 2.75) is 51.4 Å². The molecule has 7 rings (SSSR count). The van der Waals surface area contributed by atoms with Crippen molar-refractivity contribution in [3.8, 4) is 11.5 Å². The second kappa shape index (κ2) is 16.3. The van der Waals surface area contributed by atoms with Crippen molar-refractivity contribution in [2.75, 3.05) is 11.4 Å². The van der Waals surface area contributed by atoms with Gasteiger partial charge in [-0.25, -0.2) is 0 Å². The first-order valence-electron chi connectivity index (χ1n) is 17.6. The minimum absolute atomic E-state index is 0.294. The van der Waals surface area contributed by atoms with Gasteiger partial charge in [-0.15, -0.1) is 0 Å². The molecule has 0 bridgehead atoms. The van der Waals surface area contributed by atoms with E-state index < -0.39 is 6.15 Å². The number of thiazole rings is 1. The summed E-state index contributed by atoms with van der Waals surface area (Å²) in [5, 5.41) is 21.9. The van der Waals surface area contributed by atoms with Crippen LogP contribution in [-0.2, 0) is 6.54 Å². The molecular weight excluding hydrogens is 651 g/mol. The zero-order chi connectivity index (χ0) is 34.9. The van der Waals surface area contributed by atoms with Crippen molar-refractivity contribution in [1.82, 2.24) is 0 Å². The molecule has 0 saturated heterocycles. The Kier molecular flexibility index (Phi) is 11.5. The van der Waals surface area contributed by atoms with Gasteiger partial charge in [-0.1, -0.05) is 140 Å². The quantitative estimate of drug-likeness (QED) is 0.111. The number of fused-ring (bicyclic) bond motifs is 2. The summed E-state index contributed by atoms with van der Waals surface area (Å²) in [6, 6.07) is 44.2. The van der Waals surface area contributed by atoms with Gasteiger partial charge in [0.1, 0.15) is 22.7 Å². The van der Waals surface area contributed by atoms with Crippen molar-refractivity contribution < 1.29 is 14.8 Å². The van der Waals surface area contributed by atoms with Crippen molar-refractivity contribution in [2.24, 2.45) is 0 Å². The molecule has 0 amide bonds. The molecule has 1 aromatic heterocycles. The van der Waals surface area contributed by atoms with Crippen molar-refractivity contribution >= 4 is 67.6 Å². The van der Waals surface area contributed by atoms with E-state index in [0.29, 0.717) is 11.5 Å². The molecule has 0 unspecified atom stereocenters. The monoisotopic (exact) mass is 696 g/mol. The third kappa shape index (κ3) is 7.40. The van der Waals surface area contributed by atoms with E-state index in [9.17, 15) is 10.2 Å². The van der Waals surface area contributed by atoms with Gasteiger partial charge >= 0.3 is 0 Å². The van der Waals surface area contributed by atoms with Crippen molar-refractivity contribution in [3.63, 3.8) is 0 Å². The van der Waals surface area contributed by atoms with Crippen molar-refractivity contribution in [3.05, 3.63) is 150 Å². The number of allylic oxidation sites excluding steroid dienone is 2. The third-order valence-electron chi connectivity index (χ3n) is 9.63. The highest BCUT2D eigenvalue weighted by atomic mass is 32.2. The van der Waals surface area contributed by atoms with Crippen LogP contribution in [0, 0.1) is 0 Å². The second-order valence-corrected chi connectivity index (χ2v) is 14.7. The van der Waals surface area contributed by atoms with Crippen LogP contribution < -0.4 is 25.9 Å². The Morgan fingerprint density at radius 1 is 0.720 bits per heavy atom. The SMILES string of the molecule is CCCC[B-](c1ccccc1)(c1ccccc1)c1ccccc1.CCN1/C(=C/C=C/c2sc3ccc(O)cc3[n+]2CC)Sc2ccc(O)cc21. The molecule has 0 atom stereocenters. The minimum atomic E-state index is -0.913. The summed E-state index contributed by atoms with van der Waals surface area (Å²) in [4.78, 5) is 3.37. The molecule has 2 N–H and O–H groups in total. The molecule has 0 saturated carbocycles. The van der Waals surface area contributed by atoms with Gasteiger partial charge in [-0.3, -0.25) is 0 Å². The van der Waals surface area contributed by atoms with Crippen LogP contribution in [0.3, 0.4) is 0 Å². The van der Waals surface area contributed by atoms with Gasteiger partial charge < -0.3 is 15.1 Å². The molecule has 1 aliphatic heterocycles. The minimum Gasteiger partial charge on any atom is -0.508 e. The summed E-state index contributed by atoms with van der Waals surface area (Å²) in [5.74, 6) is 0.587. The molecule has 0 fully saturated rings. The predicted octanol–water partition coefficient (Wildman–Crippen LogP) is 9.06. The van der Waals surface area contributed by atoms with Crippen LogP contribution in [0.25, 0.3) is 16.3 Å². The number of hydrogen-bond donors (Lipinski definition) is 2. The summed E-state index contributed by atoms with van der Waals surface area (Å²) >= 11 is 3.44. The van der Waals surface area contributed by atoms with E-state index in [0.717, 1.165) is 43.9 Å². The van der Waals surface area contributed by atoms with Gasteiger partial charge in [0, 0.05) is 23.6 Å². The number of hydrogen-bond acceptors (Lipinski definition) is 5. The normalized spacial score (nSPS) is 13.5. The lowest BCUT2D eigenvalue weighted by Gasteiger charge is -2.43. The Labute approximate surface area is 305 Å². The first-order chi connectivity index (χ1) is 24.5. The van der Waals surface area contributed by atoms with E-state index in [1.165, 1.54) is 35.6 Å². The first kappa shape index (κ1) is 35.1. The number of anilines is 1. The lowest BCUT2D eigenvalue weighted by Crippen LogP contribution is -2.66. The Morgan fingerprint density at radius 3 is 1.86 bits per heavy atom. The number of aryl methyl sites for hydroxylation is 1. The summed E-state index contributed by atoms with van der Waals surface area (Å²) in [6.45, 7) is 8.20. The zero-order valence-electron chi connectivity index (χ0n) is 29.1. The third-order valence-corrected chi connectivity index (χ3v) is 11.9. The van der Waals surface area contributed by atoms with Crippen LogP contribution in [0.2, 0.25) is 6.32 Å². The predicted molar refractivity (Wildman–Crippen MR) is 217 cm³/mol. The molecule has 2 heterocycles. The molecule has 0 radical (unpaired) electrons. The van der Waals surface area contributed by atoms with Gasteiger partial charge in [0.25, 0.3) is 5.01 Å². The number of nitrogens with zero attached hydrogens (tertiary/aromatic N) is 2. The lowest BCUT2D eigenvalue weighted by atomic mass is 9.14. The molecule has 7 heteroatoms. The molecule has 6 aromatic rings. The van der Waals surface area contributed by atoms with Gasteiger partial charge in [0.15, 0.2) is 0 Å². The Morgan fingerprint density at radius 2 is 1.30 bits per heavy atom. The van der Waals surface area contributed by atoms with Gasteiger partial charge in [0.2, 0.25) is 5.52 Å². The van der Waals surface area contributed by atoms with E-state index >= 15 is 0 Å². The molecule has 254 valence electrons. The topological polar surface area (TPSA) is 47.6 Å². The van der Waals surface area contributed by atoms with E-state index in [1.807, 2.05) is 24.3 Å². The number of thioether (sulfide) groups is 1. The molecule has 0 aliphatic carbocycles. The number of unbranched alkanes of at least 4 members (excludes halogenated alkanes) is 1. The van der Waals surface area contributed by atoms with Crippen LogP contribution in [0.15, 0.2) is 149 Å². The molecular formula is C43H45BN2O2S2. The fourth-order valence-electron chi connectivity index (χ4n) is 7.22. The largest absolute Gasteiger partial charge is 0.508 e. The Balaban J connectivity index is 0.000000175. The molecule has 4 nitrogen and oxygen atoms in total. The van der Waals surface area contributed by atoms with Crippen LogP contribution in [-0.4, -0.2) is 22.9 Å². The Hall–Kier alpha value is -4.72. The van der Waals surface area contributed by atoms with E-state index in [2.05, 4.69) is 139 Å². The van der Waals surface area contributed by atoms with Crippen molar-refractivity contribution in [1.29, 1.82) is 0 Å². The standard InChI is InChI=1S/C22H24B.C21H20N2O2S2/c1-2-3-19-23(20-13-7-4-8-14-20,21-15-9-5-10-16-21)22-17-11-6-12-18-22;1-3-22-16-12-14(24)8-10-18(16)26-20(22)6-5-7-21-23(4-2)17-13-15(25)9-11-19(17)27-21/h4-18H,2-3,19H2,1H3;5-13H,3-4H2,1-2H3,(H-,24,25)/q-1;/p+1. The highest BCUT2D eigenvalue weighted by Gasteiger charge is 2.29. The molecule has 0 spiro atoms. The average Bonchev–Trinajstić information content (AvgIpc) is 3.69. The van der Waals surface area contributed by atoms with E-state index in [4.69, 9.17) is 0 Å².